The third kappa shape index (κ3) is 5.43. The molecule has 1 aromatic heterocycles. The Kier molecular flexibility index (Phi) is 5.54. The van der Waals surface area contributed by atoms with Crippen LogP contribution in [0.15, 0.2) is 22.5 Å². The topological polar surface area (TPSA) is 96.0 Å². The lowest BCUT2D eigenvalue weighted by Crippen LogP contribution is -2.35. The van der Waals surface area contributed by atoms with Crippen LogP contribution in [0, 0.1) is 13.8 Å². The van der Waals surface area contributed by atoms with Crippen LogP contribution in [0.3, 0.4) is 0 Å². The van der Waals surface area contributed by atoms with Crippen LogP contribution in [0.25, 0.3) is 0 Å². The van der Waals surface area contributed by atoms with Crippen molar-refractivity contribution in [1.29, 1.82) is 0 Å². The highest BCUT2D eigenvalue weighted by Crippen LogP contribution is 2.30. The summed E-state index contributed by atoms with van der Waals surface area (Å²) in [7, 11) is 0. The maximum atomic E-state index is 11.9. The second-order valence-electron chi connectivity index (χ2n) is 5.90. The number of imide groups is 1. The van der Waals surface area contributed by atoms with E-state index in [1.807, 2.05) is 32.0 Å². The van der Waals surface area contributed by atoms with Gasteiger partial charge in [0.2, 0.25) is 11.0 Å². The molecule has 0 spiro atoms. The van der Waals surface area contributed by atoms with Gasteiger partial charge < -0.3 is 10.6 Å². The van der Waals surface area contributed by atoms with Crippen molar-refractivity contribution in [2.24, 2.45) is 0 Å². The summed E-state index contributed by atoms with van der Waals surface area (Å²) < 4.78 is 0.702. The van der Waals surface area contributed by atoms with E-state index in [2.05, 4.69) is 26.1 Å². The zero-order chi connectivity index (χ0) is 17.8. The van der Waals surface area contributed by atoms with Crippen LogP contribution in [0.5, 0.6) is 0 Å². The van der Waals surface area contributed by atoms with Gasteiger partial charge in [0.05, 0.1) is 5.75 Å². The smallest absolute Gasteiger partial charge is 0.325 e. The molecule has 0 aliphatic heterocycles. The maximum Gasteiger partial charge on any atom is 0.325 e. The Morgan fingerprint density at radius 3 is 2.80 bits per heavy atom. The molecule has 1 fully saturated rings. The SMILES string of the molecule is Cc1ccc(NC(=O)NC(=O)CSc2nnc(NC3CC3)s2)c(C)c1. The summed E-state index contributed by atoms with van der Waals surface area (Å²) in [6, 6.07) is 5.67. The molecule has 1 aliphatic rings. The maximum absolute atomic E-state index is 11.9. The van der Waals surface area contributed by atoms with E-state index in [9.17, 15) is 9.59 Å². The zero-order valence-corrected chi connectivity index (χ0v) is 15.6. The lowest BCUT2D eigenvalue weighted by atomic mass is 10.1. The average Bonchev–Trinajstić information content (AvgIpc) is 3.25. The molecule has 1 aliphatic carbocycles. The van der Waals surface area contributed by atoms with Crippen LogP contribution in [0.2, 0.25) is 0 Å². The summed E-state index contributed by atoms with van der Waals surface area (Å²) in [4.78, 5) is 23.8. The highest BCUT2D eigenvalue weighted by Gasteiger charge is 2.22. The number of hydrogen-bond donors (Lipinski definition) is 3. The van der Waals surface area contributed by atoms with Crippen molar-refractivity contribution in [1.82, 2.24) is 15.5 Å². The molecule has 1 heterocycles. The highest BCUT2D eigenvalue weighted by atomic mass is 32.2. The Morgan fingerprint density at radius 1 is 1.28 bits per heavy atom. The van der Waals surface area contributed by atoms with Gasteiger partial charge in [-0.1, -0.05) is 40.8 Å². The number of carbonyl (C=O) groups is 2. The third-order valence-corrected chi connectivity index (χ3v) is 5.51. The first-order valence-electron chi connectivity index (χ1n) is 7.90. The van der Waals surface area contributed by atoms with Gasteiger partial charge in [-0.15, -0.1) is 10.2 Å². The fourth-order valence-electron chi connectivity index (χ4n) is 2.13. The van der Waals surface area contributed by atoms with E-state index in [1.165, 1.54) is 35.9 Å². The molecule has 0 saturated heterocycles. The molecule has 0 bridgehead atoms. The predicted molar refractivity (Wildman–Crippen MR) is 100 cm³/mol. The van der Waals surface area contributed by atoms with Gasteiger partial charge in [0.1, 0.15) is 0 Å². The Morgan fingerprint density at radius 2 is 2.08 bits per heavy atom. The van der Waals surface area contributed by atoms with Gasteiger partial charge in [-0.25, -0.2) is 4.79 Å². The average molecular weight is 377 g/mol. The van der Waals surface area contributed by atoms with Crippen molar-refractivity contribution in [3.05, 3.63) is 29.3 Å². The van der Waals surface area contributed by atoms with E-state index in [1.54, 1.807) is 0 Å². The first-order valence-corrected chi connectivity index (χ1v) is 9.71. The van der Waals surface area contributed by atoms with Crippen LogP contribution in [-0.2, 0) is 4.79 Å². The molecular formula is C16H19N5O2S2. The summed E-state index contributed by atoms with van der Waals surface area (Å²) in [6.07, 6.45) is 2.33. The Balaban J connectivity index is 1.43. The summed E-state index contributed by atoms with van der Waals surface area (Å²) >= 11 is 2.68. The fourth-order valence-corrected chi connectivity index (χ4v) is 3.75. The van der Waals surface area contributed by atoms with E-state index < -0.39 is 6.03 Å². The number of aryl methyl sites for hydroxylation is 2. The molecule has 132 valence electrons. The molecule has 2 aromatic rings. The summed E-state index contributed by atoms with van der Waals surface area (Å²) in [5, 5.41) is 17.1. The van der Waals surface area contributed by atoms with Crippen LogP contribution >= 0.6 is 23.1 Å². The minimum Gasteiger partial charge on any atom is -0.357 e. The van der Waals surface area contributed by atoms with Gasteiger partial charge in [-0.2, -0.15) is 0 Å². The van der Waals surface area contributed by atoms with Gasteiger partial charge in [0.15, 0.2) is 4.34 Å². The molecule has 3 amide bonds. The Hall–Kier alpha value is -2.13. The number of benzene rings is 1. The number of nitrogens with one attached hydrogen (secondary N) is 3. The minimum atomic E-state index is -0.536. The molecule has 1 aromatic carbocycles. The quantitative estimate of drug-likeness (QED) is 0.669. The minimum absolute atomic E-state index is 0.109. The van der Waals surface area contributed by atoms with Crippen LogP contribution in [-0.4, -0.2) is 33.9 Å². The third-order valence-electron chi connectivity index (χ3n) is 3.52. The summed E-state index contributed by atoms with van der Waals surface area (Å²) in [5.74, 6) is -0.266. The number of anilines is 2. The molecule has 7 nitrogen and oxygen atoms in total. The van der Waals surface area contributed by atoms with Crippen LogP contribution in [0.4, 0.5) is 15.6 Å². The molecule has 25 heavy (non-hydrogen) atoms. The number of carbonyl (C=O) groups excluding carboxylic acids is 2. The van der Waals surface area contributed by atoms with Crippen molar-refractivity contribution in [3.8, 4) is 0 Å². The van der Waals surface area contributed by atoms with Gasteiger partial charge in [-0.3, -0.25) is 10.1 Å². The van der Waals surface area contributed by atoms with Crippen LogP contribution < -0.4 is 16.0 Å². The lowest BCUT2D eigenvalue weighted by Gasteiger charge is -2.09. The monoisotopic (exact) mass is 377 g/mol. The molecule has 3 rings (SSSR count). The van der Waals surface area contributed by atoms with Crippen molar-refractivity contribution in [2.45, 2.75) is 37.1 Å². The molecule has 0 atom stereocenters. The lowest BCUT2D eigenvalue weighted by molar-refractivity contribution is -0.117. The summed E-state index contributed by atoms with van der Waals surface area (Å²) in [6.45, 7) is 3.89. The van der Waals surface area contributed by atoms with Gasteiger partial charge in [0.25, 0.3) is 0 Å². The second kappa shape index (κ2) is 7.83. The number of urea groups is 1. The van der Waals surface area contributed by atoms with Gasteiger partial charge in [-0.05, 0) is 38.3 Å². The van der Waals surface area contributed by atoms with E-state index >= 15 is 0 Å². The fraction of sp³-hybridized carbons (Fsp3) is 0.375. The zero-order valence-electron chi connectivity index (χ0n) is 14.0. The van der Waals surface area contributed by atoms with Crippen LogP contribution in [0.1, 0.15) is 24.0 Å². The Labute approximate surface area is 154 Å². The van der Waals surface area contributed by atoms with Crippen molar-refractivity contribution in [3.63, 3.8) is 0 Å². The number of aromatic nitrogens is 2. The molecule has 1 saturated carbocycles. The van der Waals surface area contributed by atoms with Gasteiger partial charge >= 0.3 is 6.03 Å². The number of thioether (sulfide) groups is 1. The molecule has 3 N–H and O–H groups in total. The standard InChI is InChI=1S/C16H19N5O2S2/c1-9-3-6-12(10(2)7-9)18-14(23)19-13(22)8-24-16-21-20-15(25-16)17-11-4-5-11/h3,6-7,11H,4-5,8H2,1-2H3,(H,17,20)(H2,18,19,22,23). The number of nitrogens with zero attached hydrogens (tertiary/aromatic N) is 2. The van der Waals surface area contributed by atoms with E-state index in [0.717, 1.165) is 16.3 Å². The van der Waals surface area contributed by atoms with Gasteiger partial charge in [0, 0.05) is 11.7 Å². The molecule has 0 unspecified atom stereocenters. The molecule has 9 heteroatoms. The van der Waals surface area contributed by atoms with Crippen molar-refractivity contribution in [2.75, 3.05) is 16.4 Å². The normalized spacial score (nSPS) is 13.4. The predicted octanol–water partition coefficient (Wildman–Crippen LogP) is 3.17. The number of rotatable bonds is 6. The second-order valence-corrected chi connectivity index (χ2v) is 8.10. The number of amides is 3. The first-order chi connectivity index (χ1) is 12.0. The van der Waals surface area contributed by atoms with E-state index in [0.29, 0.717) is 16.1 Å². The summed E-state index contributed by atoms with van der Waals surface area (Å²) in [5.41, 5.74) is 2.74. The first kappa shape index (κ1) is 17.7. The molecular weight excluding hydrogens is 358 g/mol. The Bertz CT molecular complexity index is 789. The van der Waals surface area contributed by atoms with E-state index in [4.69, 9.17) is 0 Å². The highest BCUT2D eigenvalue weighted by molar-refractivity contribution is 8.01. The molecule has 0 radical (unpaired) electrons. The van der Waals surface area contributed by atoms with Crippen molar-refractivity contribution < 1.29 is 9.59 Å². The largest absolute Gasteiger partial charge is 0.357 e. The van der Waals surface area contributed by atoms with E-state index in [-0.39, 0.29) is 11.7 Å². The van der Waals surface area contributed by atoms with Crippen molar-refractivity contribution >= 4 is 45.9 Å². The number of hydrogen-bond acceptors (Lipinski definition) is 7.